The molecule has 1 fully saturated rings. The molecule has 1 atom stereocenters. The van der Waals surface area contributed by atoms with Crippen LogP contribution in [0.15, 0.2) is 53.4 Å². The number of nitrogens with zero attached hydrogens (tertiary/aromatic N) is 3. The van der Waals surface area contributed by atoms with Crippen LogP contribution in [-0.2, 0) is 26.0 Å². The maximum Gasteiger partial charge on any atom is 0.243 e. The van der Waals surface area contributed by atoms with Gasteiger partial charge in [0, 0.05) is 19.5 Å². The topological polar surface area (TPSA) is 100 Å². The van der Waals surface area contributed by atoms with E-state index in [4.69, 9.17) is 4.74 Å². The standard InChI is InChI=1S/C22H21N3O4S2/c23-15-18(22-24-19-3-1-2-4-21(19)30-22)20(26)10-7-16-5-8-17(9-6-16)31(27,28)25-11-13-29-14-12-25/h1-6,8-9,18H,7,10-14H2. The summed E-state index contributed by atoms with van der Waals surface area (Å²) in [4.78, 5) is 17.4. The molecular formula is C22H21N3O4S2. The molecule has 160 valence electrons. The summed E-state index contributed by atoms with van der Waals surface area (Å²) >= 11 is 1.36. The van der Waals surface area contributed by atoms with E-state index in [1.807, 2.05) is 24.3 Å². The van der Waals surface area contributed by atoms with Crippen molar-refractivity contribution in [2.75, 3.05) is 26.3 Å². The highest BCUT2D eigenvalue weighted by atomic mass is 32.2. The van der Waals surface area contributed by atoms with E-state index >= 15 is 0 Å². The number of benzene rings is 2. The third-order valence-electron chi connectivity index (χ3n) is 5.20. The number of hydrogen-bond donors (Lipinski definition) is 0. The van der Waals surface area contributed by atoms with Crippen LogP contribution in [0.4, 0.5) is 0 Å². The van der Waals surface area contributed by atoms with Crippen molar-refractivity contribution in [3.8, 4) is 6.07 Å². The SMILES string of the molecule is N#CC(C(=O)CCc1ccc(S(=O)(=O)N2CCOCC2)cc1)c1nc2ccccc2s1. The molecule has 0 spiro atoms. The summed E-state index contributed by atoms with van der Waals surface area (Å²) in [7, 11) is -3.54. The van der Waals surface area contributed by atoms with Gasteiger partial charge in [-0.15, -0.1) is 11.3 Å². The van der Waals surface area contributed by atoms with Crippen LogP contribution < -0.4 is 0 Å². The lowest BCUT2D eigenvalue weighted by atomic mass is 9.99. The van der Waals surface area contributed by atoms with Gasteiger partial charge in [0.2, 0.25) is 10.0 Å². The first kappa shape index (κ1) is 21.6. The van der Waals surface area contributed by atoms with E-state index < -0.39 is 15.9 Å². The van der Waals surface area contributed by atoms with Gasteiger partial charge in [-0.1, -0.05) is 24.3 Å². The summed E-state index contributed by atoms with van der Waals surface area (Å²) in [5.41, 5.74) is 1.63. The van der Waals surface area contributed by atoms with Gasteiger partial charge in [-0.3, -0.25) is 4.79 Å². The van der Waals surface area contributed by atoms with Gasteiger partial charge in [-0.05, 0) is 36.2 Å². The monoisotopic (exact) mass is 455 g/mol. The van der Waals surface area contributed by atoms with Crippen molar-refractivity contribution >= 4 is 37.4 Å². The van der Waals surface area contributed by atoms with Crippen LogP contribution in [0.3, 0.4) is 0 Å². The molecule has 7 nitrogen and oxygen atoms in total. The molecule has 2 aromatic carbocycles. The first-order chi connectivity index (χ1) is 15.0. The van der Waals surface area contributed by atoms with Crippen molar-refractivity contribution in [1.29, 1.82) is 5.26 Å². The van der Waals surface area contributed by atoms with E-state index in [0.717, 1.165) is 15.8 Å². The fourth-order valence-electron chi connectivity index (χ4n) is 3.45. The van der Waals surface area contributed by atoms with E-state index in [0.29, 0.717) is 37.7 Å². The van der Waals surface area contributed by atoms with E-state index in [1.165, 1.54) is 15.6 Å². The average molecular weight is 456 g/mol. The zero-order chi connectivity index (χ0) is 21.8. The predicted octanol–water partition coefficient (Wildman–Crippen LogP) is 3.13. The Labute approximate surface area is 184 Å². The van der Waals surface area contributed by atoms with Crippen LogP contribution in [0.2, 0.25) is 0 Å². The van der Waals surface area contributed by atoms with Crippen LogP contribution in [-0.4, -0.2) is 49.8 Å². The maximum atomic E-state index is 12.7. The summed E-state index contributed by atoms with van der Waals surface area (Å²) in [6, 6.07) is 16.2. The molecule has 1 unspecified atom stereocenters. The number of fused-ring (bicyclic) bond motifs is 1. The highest BCUT2D eigenvalue weighted by molar-refractivity contribution is 7.89. The summed E-state index contributed by atoms with van der Waals surface area (Å²) < 4.78 is 33.0. The Kier molecular flexibility index (Phi) is 6.43. The number of aromatic nitrogens is 1. The number of ether oxygens (including phenoxy) is 1. The van der Waals surface area contributed by atoms with Gasteiger partial charge < -0.3 is 4.74 Å². The highest BCUT2D eigenvalue weighted by Crippen LogP contribution is 2.28. The Morgan fingerprint density at radius 2 is 1.87 bits per heavy atom. The minimum atomic E-state index is -3.54. The highest BCUT2D eigenvalue weighted by Gasteiger charge is 2.26. The molecule has 0 aliphatic carbocycles. The van der Waals surface area contributed by atoms with Crippen LogP contribution >= 0.6 is 11.3 Å². The number of aryl methyl sites for hydroxylation is 1. The normalized spacial score (nSPS) is 16.1. The minimum Gasteiger partial charge on any atom is -0.379 e. The largest absolute Gasteiger partial charge is 0.379 e. The smallest absolute Gasteiger partial charge is 0.243 e. The summed E-state index contributed by atoms with van der Waals surface area (Å²) in [6.45, 7) is 1.49. The van der Waals surface area contributed by atoms with E-state index in [2.05, 4.69) is 11.1 Å². The molecule has 0 N–H and O–H groups in total. The Morgan fingerprint density at radius 3 is 2.55 bits per heavy atom. The number of para-hydroxylation sites is 1. The quantitative estimate of drug-likeness (QED) is 0.543. The molecule has 0 amide bonds. The fraction of sp³-hybridized carbons (Fsp3) is 0.318. The number of nitriles is 1. The number of rotatable bonds is 7. The molecule has 1 aromatic heterocycles. The zero-order valence-electron chi connectivity index (χ0n) is 16.7. The molecule has 31 heavy (non-hydrogen) atoms. The molecule has 3 aromatic rings. The predicted molar refractivity (Wildman–Crippen MR) is 117 cm³/mol. The molecule has 1 aliphatic rings. The number of hydrogen-bond acceptors (Lipinski definition) is 7. The lowest BCUT2D eigenvalue weighted by Crippen LogP contribution is -2.40. The maximum absolute atomic E-state index is 12.7. The van der Waals surface area contributed by atoms with Crippen LogP contribution in [0.1, 0.15) is 22.9 Å². The van der Waals surface area contributed by atoms with Crippen molar-refractivity contribution in [2.24, 2.45) is 0 Å². The number of thiazole rings is 1. The molecule has 1 aliphatic heterocycles. The first-order valence-corrected chi connectivity index (χ1v) is 12.2. The molecule has 0 saturated carbocycles. The first-order valence-electron chi connectivity index (χ1n) is 9.93. The number of carbonyl (C=O) groups is 1. The van der Waals surface area contributed by atoms with E-state index in [-0.39, 0.29) is 17.1 Å². The lowest BCUT2D eigenvalue weighted by Gasteiger charge is -2.26. The number of carbonyl (C=O) groups excluding carboxylic acids is 1. The van der Waals surface area contributed by atoms with Gasteiger partial charge >= 0.3 is 0 Å². The molecule has 0 radical (unpaired) electrons. The summed E-state index contributed by atoms with van der Waals surface area (Å²) in [5, 5.41) is 10.1. The molecule has 0 bridgehead atoms. The summed E-state index contributed by atoms with van der Waals surface area (Å²) in [6.07, 6.45) is 0.615. The molecular weight excluding hydrogens is 434 g/mol. The van der Waals surface area contributed by atoms with Crippen LogP contribution in [0.5, 0.6) is 0 Å². The van der Waals surface area contributed by atoms with Crippen molar-refractivity contribution in [3.63, 3.8) is 0 Å². The number of sulfonamides is 1. The van der Waals surface area contributed by atoms with Crippen LogP contribution in [0.25, 0.3) is 10.2 Å². The number of Topliss-reactive ketones (excluding diaryl/α,β-unsaturated/α-hetero) is 1. The van der Waals surface area contributed by atoms with Gasteiger partial charge in [-0.2, -0.15) is 9.57 Å². The van der Waals surface area contributed by atoms with Crippen LogP contribution in [0, 0.1) is 11.3 Å². The van der Waals surface area contributed by atoms with Gasteiger partial charge in [0.15, 0.2) is 11.7 Å². The lowest BCUT2D eigenvalue weighted by molar-refractivity contribution is -0.119. The second-order valence-electron chi connectivity index (χ2n) is 7.21. The molecule has 9 heteroatoms. The van der Waals surface area contributed by atoms with Gasteiger partial charge in [-0.25, -0.2) is 13.4 Å². The number of morpholine rings is 1. The van der Waals surface area contributed by atoms with Crippen molar-refractivity contribution < 1.29 is 17.9 Å². The van der Waals surface area contributed by atoms with Gasteiger partial charge in [0.05, 0.1) is 34.4 Å². The summed E-state index contributed by atoms with van der Waals surface area (Å²) in [5.74, 6) is -1.08. The molecule has 1 saturated heterocycles. The average Bonchev–Trinajstić information content (AvgIpc) is 3.23. The van der Waals surface area contributed by atoms with Gasteiger partial charge in [0.25, 0.3) is 0 Å². The fourth-order valence-corrected chi connectivity index (χ4v) is 5.90. The van der Waals surface area contributed by atoms with Gasteiger partial charge in [0.1, 0.15) is 5.01 Å². The third kappa shape index (κ3) is 4.67. The number of ketones is 1. The van der Waals surface area contributed by atoms with Crippen molar-refractivity contribution in [1.82, 2.24) is 9.29 Å². The Hall–Kier alpha value is -2.64. The molecule has 2 heterocycles. The second-order valence-corrected chi connectivity index (χ2v) is 10.2. The zero-order valence-corrected chi connectivity index (χ0v) is 18.4. The Morgan fingerprint density at radius 1 is 1.16 bits per heavy atom. The van der Waals surface area contributed by atoms with Crippen molar-refractivity contribution in [3.05, 3.63) is 59.1 Å². The third-order valence-corrected chi connectivity index (χ3v) is 8.21. The minimum absolute atomic E-state index is 0.184. The second kappa shape index (κ2) is 9.24. The van der Waals surface area contributed by atoms with E-state index in [1.54, 1.807) is 24.3 Å². The Balaban J connectivity index is 1.41. The van der Waals surface area contributed by atoms with E-state index in [9.17, 15) is 18.5 Å². The van der Waals surface area contributed by atoms with Crippen molar-refractivity contribution in [2.45, 2.75) is 23.7 Å². The Bertz CT molecular complexity index is 1190. The molecule has 4 rings (SSSR count).